The third kappa shape index (κ3) is 7.94. The van der Waals surface area contributed by atoms with Gasteiger partial charge in [-0.1, -0.05) is 12.1 Å². The van der Waals surface area contributed by atoms with Crippen LogP contribution in [0.1, 0.15) is 99.4 Å². The minimum atomic E-state index is -4.52. The monoisotopic (exact) mass is 620 g/mol. The van der Waals surface area contributed by atoms with Crippen LogP contribution >= 0.6 is 0 Å². The molecule has 44 heavy (non-hydrogen) atoms. The van der Waals surface area contributed by atoms with E-state index in [1.165, 1.54) is 19.1 Å². The van der Waals surface area contributed by atoms with Crippen LogP contribution in [0.4, 0.5) is 23.7 Å². The number of ether oxygens (including phenoxy) is 2. The molecule has 0 aliphatic carbocycles. The summed E-state index contributed by atoms with van der Waals surface area (Å²) in [6.45, 7) is 12.3. The van der Waals surface area contributed by atoms with Gasteiger partial charge in [-0.3, -0.25) is 9.59 Å². The number of halogens is 3. The quantitative estimate of drug-likeness (QED) is 0.398. The summed E-state index contributed by atoms with van der Waals surface area (Å²) in [7, 11) is 0. The molecule has 0 bridgehead atoms. The molecule has 2 amide bonds. The Kier molecular flexibility index (Phi) is 9.72. The lowest BCUT2D eigenvalue weighted by Gasteiger charge is -2.41. The number of pyridine rings is 1. The fourth-order valence-corrected chi connectivity index (χ4v) is 5.82. The van der Waals surface area contributed by atoms with Crippen LogP contribution in [0.5, 0.6) is 0 Å². The lowest BCUT2D eigenvalue weighted by atomic mass is 9.89. The molecule has 2 aromatic rings. The molecule has 1 aromatic carbocycles. The third-order valence-electron chi connectivity index (χ3n) is 8.36. The van der Waals surface area contributed by atoms with Crippen LogP contribution in [0.3, 0.4) is 0 Å². The molecule has 2 aliphatic heterocycles. The van der Waals surface area contributed by atoms with Gasteiger partial charge in [-0.15, -0.1) is 0 Å². The molecule has 9 nitrogen and oxygen atoms in total. The first kappa shape index (κ1) is 33.4. The van der Waals surface area contributed by atoms with Crippen LogP contribution in [-0.4, -0.2) is 58.9 Å². The molecule has 2 fully saturated rings. The molecule has 2 saturated heterocycles. The second kappa shape index (κ2) is 12.8. The highest BCUT2D eigenvalue weighted by molar-refractivity contribution is 5.99. The van der Waals surface area contributed by atoms with Gasteiger partial charge in [0.1, 0.15) is 5.60 Å². The number of rotatable bonds is 6. The van der Waals surface area contributed by atoms with Crippen molar-refractivity contribution < 1.29 is 32.2 Å². The number of carbonyl (C=O) groups is 2. The Balaban J connectivity index is 1.61. The Labute approximate surface area is 256 Å². The Morgan fingerprint density at radius 3 is 2.34 bits per heavy atom. The number of amides is 2. The van der Waals surface area contributed by atoms with Gasteiger partial charge in [-0.2, -0.15) is 13.2 Å². The number of carbonyl (C=O) groups excluding carboxylic acids is 2. The third-order valence-corrected chi connectivity index (χ3v) is 8.36. The Morgan fingerprint density at radius 1 is 1.11 bits per heavy atom. The molecule has 12 heteroatoms. The summed E-state index contributed by atoms with van der Waals surface area (Å²) in [4.78, 5) is 41.4. The second-order valence-electron chi connectivity index (χ2n) is 13.1. The van der Waals surface area contributed by atoms with Crippen molar-refractivity contribution in [1.29, 1.82) is 0 Å². The van der Waals surface area contributed by atoms with E-state index >= 15 is 0 Å². The molecule has 0 saturated carbocycles. The van der Waals surface area contributed by atoms with E-state index in [1.807, 2.05) is 27.7 Å². The number of likely N-dealkylation sites (tertiary alicyclic amines) is 1. The number of piperidine rings is 1. The zero-order valence-corrected chi connectivity index (χ0v) is 26.3. The minimum absolute atomic E-state index is 0.0441. The maximum atomic E-state index is 13.8. The van der Waals surface area contributed by atoms with E-state index in [0.29, 0.717) is 63.2 Å². The van der Waals surface area contributed by atoms with Crippen LogP contribution in [0.15, 0.2) is 35.3 Å². The summed E-state index contributed by atoms with van der Waals surface area (Å²) >= 11 is 0. The maximum Gasteiger partial charge on any atom is 0.416 e. The van der Waals surface area contributed by atoms with E-state index < -0.39 is 40.9 Å². The topological polar surface area (TPSA) is 102 Å². The maximum absolute atomic E-state index is 13.8. The number of benzene rings is 1. The van der Waals surface area contributed by atoms with Crippen molar-refractivity contribution in [3.05, 3.63) is 63.1 Å². The molecule has 1 aromatic heterocycles. The molecule has 0 radical (unpaired) electrons. The molecule has 2 N–H and O–H groups in total. The van der Waals surface area contributed by atoms with Gasteiger partial charge in [0.2, 0.25) is 0 Å². The minimum Gasteiger partial charge on any atom is -0.444 e. The standard InChI is InChI=1S/C32H43F3N4O5/c1-20-23(8-7-9-25(20)32(33,34)35)21(2)36-28(41)24-19-39(22-10-16-43-17-11-22)27(40)18-26(24)37-31(6)12-14-38(15-13-31)29(42)44-30(3,4)5/h7-9,18-19,21-22,37H,10-17H2,1-6H3,(H,36,41)/t21-/m1/s1. The average Bonchev–Trinajstić information content (AvgIpc) is 2.92. The summed E-state index contributed by atoms with van der Waals surface area (Å²) in [6.07, 6.45) is -1.06. The van der Waals surface area contributed by atoms with Crippen molar-refractivity contribution in [2.75, 3.05) is 31.6 Å². The number of hydrogen-bond acceptors (Lipinski definition) is 6. The summed E-state index contributed by atoms with van der Waals surface area (Å²) in [5.74, 6) is -0.521. The first-order chi connectivity index (χ1) is 20.5. The Morgan fingerprint density at radius 2 is 1.75 bits per heavy atom. The highest BCUT2D eigenvalue weighted by Gasteiger charge is 2.36. The molecular formula is C32H43F3N4O5. The molecule has 1 atom stereocenters. The first-order valence-corrected chi connectivity index (χ1v) is 15.0. The van der Waals surface area contributed by atoms with Crippen molar-refractivity contribution >= 4 is 17.7 Å². The normalized spacial score (nSPS) is 18.4. The van der Waals surface area contributed by atoms with Crippen molar-refractivity contribution in [3.8, 4) is 0 Å². The SMILES string of the molecule is Cc1c([C@@H](C)NC(=O)c2cn(C3CCOCC3)c(=O)cc2NC2(C)CCN(C(=O)OC(C)(C)C)CC2)cccc1C(F)(F)F. The van der Waals surface area contributed by atoms with Gasteiger partial charge in [0.05, 0.1) is 22.9 Å². The Bertz CT molecular complexity index is 1420. The van der Waals surface area contributed by atoms with Gasteiger partial charge in [0.15, 0.2) is 0 Å². The molecule has 0 unspecified atom stereocenters. The van der Waals surface area contributed by atoms with E-state index in [1.54, 1.807) is 28.7 Å². The molecule has 2 aliphatic rings. The average molecular weight is 621 g/mol. The number of nitrogens with one attached hydrogen (secondary N) is 2. The largest absolute Gasteiger partial charge is 0.444 e. The molecule has 4 rings (SSSR count). The van der Waals surface area contributed by atoms with Gasteiger partial charge in [-0.25, -0.2) is 4.79 Å². The van der Waals surface area contributed by atoms with Gasteiger partial charge in [0.25, 0.3) is 11.5 Å². The second-order valence-corrected chi connectivity index (χ2v) is 13.1. The zero-order valence-electron chi connectivity index (χ0n) is 26.3. The van der Waals surface area contributed by atoms with Crippen LogP contribution in [0.25, 0.3) is 0 Å². The predicted molar refractivity (Wildman–Crippen MR) is 161 cm³/mol. The summed E-state index contributed by atoms with van der Waals surface area (Å²) in [6, 6.07) is 4.44. The van der Waals surface area contributed by atoms with E-state index in [-0.39, 0.29) is 22.7 Å². The number of hydrogen-bond donors (Lipinski definition) is 2. The lowest BCUT2D eigenvalue weighted by Crippen LogP contribution is -2.50. The van der Waals surface area contributed by atoms with Crippen LogP contribution in [-0.2, 0) is 15.7 Å². The predicted octanol–water partition coefficient (Wildman–Crippen LogP) is 6.22. The van der Waals surface area contributed by atoms with Crippen molar-refractivity contribution in [2.24, 2.45) is 0 Å². The van der Waals surface area contributed by atoms with Gasteiger partial charge < -0.3 is 29.6 Å². The molecule has 242 valence electrons. The van der Waals surface area contributed by atoms with Crippen LogP contribution in [0, 0.1) is 6.92 Å². The Hall–Kier alpha value is -3.54. The van der Waals surface area contributed by atoms with Crippen LogP contribution in [0.2, 0.25) is 0 Å². The zero-order chi connectivity index (χ0) is 32.4. The van der Waals surface area contributed by atoms with E-state index in [2.05, 4.69) is 10.6 Å². The molecule has 3 heterocycles. The summed E-state index contributed by atoms with van der Waals surface area (Å²) < 4.78 is 53.2. The summed E-state index contributed by atoms with van der Waals surface area (Å²) in [5, 5.41) is 6.27. The molecule has 0 spiro atoms. The van der Waals surface area contributed by atoms with Gasteiger partial charge >= 0.3 is 12.3 Å². The number of anilines is 1. The lowest BCUT2D eigenvalue weighted by molar-refractivity contribution is -0.138. The highest BCUT2D eigenvalue weighted by atomic mass is 19.4. The number of alkyl halides is 3. The summed E-state index contributed by atoms with van der Waals surface area (Å²) in [5.41, 5.74) is -1.25. The van der Waals surface area contributed by atoms with Crippen LogP contribution < -0.4 is 16.2 Å². The van der Waals surface area contributed by atoms with Gasteiger partial charge in [0, 0.05) is 50.1 Å². The number of aromatic nitrogens is 1. The van der Waals surface area contributed by atoms with Crippen molar-refractivity contribution in [2.45, 2.75) is 96.6 Å². The van der Waals surface area contributed by atoms with E-state index in [9.17, 15) is 27.6 Å². The fourth-order valence-electron chi connectivity index (χ4n) is 5.82. The smallest absolute Gasteiger partial charge is 0.416 e. The number of nitrogens with zero attached hydrogens (tertiary/aromatic N) is 2. The van der Waals surface area contributed by atoms with Crippen molar-refractivity contribution in [1.82, 2.24) is 14.8 Å². The van der Waals surface area contributed by atoms with E-state index in [4.69, 9.17) is 9.47 Å². The molecular weight excluding hydrogens is 577 g/mol. The fraction of sp³-hybridized carbons (Fsp3) is 0.594. The van der Waals surface area contributed by atoms with Gasteiger partial charge in [-0.05, 0) is 84.4 Å². The first-order valence-electron chi connectivity index (χ1n) is 15.0. The highest BCUT2D eigenvalue weighted by Crippen LogP contribution is 2.35. The van der Waals surface area contributed by atoms with E-state index in [0.717, 1.165) is 6.07 Å². The van der Waals surface area contributed by atoms with Crippen molar-refractivity contribution in [3.63, 3.8) is 0 Å².